The highest BCUT2D eigenvalue weighted by atomic mass is 16.2. The molecule has 0 aromatic heterocycles. The minimum absolute atomic E-state index is 0.0739. The van der Waals surface area contributed by atoms with Crippen LogP contribution in [0.2, 0.25) is 0 Å². The molecule has 0 bridgehead atoms. The summed E-state index contributed by atoms with van der Waals surface area (Å²) < 4.78 is 0. The maximum absolute atomic E-state index is 11.3. The summed E-state index contributed by atoms with van der Waals surface area (Å²) in [5.41, 5.74) is 5.47. The molecule has 1 aliphatic rings. The van der Waals surface area contributed by atoms with Gasteiger partial charge in [-0.1, -0.05) is 55.5 Å². The Morgan fingerprint density at radius 3 is 2.38 bits per heavy atom. The molecule has 2 aromatic carbocycles. The number of nitrogens with one attached hydrogen (secondary N) is 2. The second kappa shape index (κ2) is 8.11. The van der Waals surface area contributed by atoms with Crippen LogP contribution in [0, 0.1) is 0 Å². The van der Waals surface area contributed by atoms with Crippen molar-refractivity contribution in [3.05, 3.63) is 70.8 Å². The average Bonchev–Trinajstić information content (AvgIpc) is 3.01. The summed E-state index contributed by atoms with van der Waals surface area (Å²) >= 11 is 0. The Morgan fingerprint density at radius 1 is 0.958 bits per heavy atom. The minimum atomic E-state index is 0.0739. The first-order valence-electron chi connectivity index (χ1n) is 8.91. The molecule has 1 heterocycles. The maximum atomic E-state index is 11.3. The Bertz CT molecular complexity index is 678. The summed E-state index contributed by atoms with van der Waals surface area (Å²) in [5, 5.41) is 6.13. The van der Waals surface area contributed by atoms with Crippen molar-refractivity contribution in [3.8, 4) is 0 Å². The third-order valence-electron chi connectivity index (χ3n) is 4.64. The van der Waals surface area contributed by atoms with Crippen LogP contribution in [0.1, 0.15) is 35.6 Å². The standard InChI is InChI=1S/C21H26N2O/c1-2-16-9-11-17(12-10-16)5-3-6-18-7-4-8-19(13-18)14-20-22-15-21(24)23-20/h4,7-13,20,22H,2-3,5-6,14-15H2,1H3,(H,23,24). The Morgan fingerprint density at radius 2 is 1.67 bits per heavy atom. The van der Waals surface area contributed by atoms with E-state index in [-0.39, 0.29) is 12.1 Å². The summed E-state index contributed by atoms with van der Waals surface area (Å²) in [6.45, 7) is 2.62. The van der Waals surface area contributed by atoms with Gasteiger partial charge in [-0.25, -0.2) is 0 Å². The molecule has 1 amide bonds. The monoisotopic (exact) mass is 322 g/mol. The van der Waals surface area contributed by atoms with Gasteiger partial charge in [-0.05, 0) is 47.9 Å². The van der Waals surface area contributed by atoms with E-state index in [9.17, 15) is 4.79 Å². The second-order valence-electron chi connectivity index (χ2n) is 6.55. The highest BCUT2D eigenvalue weighted by Gasteiger charge is 2.19. The minimum Gasteiger partial charge on any atom is -0.339 e. The molecule has 1 unspecified atom stereocenters. The van der Waals surface area contributed by atoms with Gasteiger partial charge in [0.1, 0.15) is 0 Å². The molecule has 1 aliphatic heterocycles. The lowest BCUT2D eigenvalue weighted by Crippen LogP contribution is -2.34. The molecule has 1 saturated heterocycles. The number of aryl methyl sites for hydroxylation is 3. The van der Waals surface area contributed by atoms with E-state index in [1.54, 1.807) is 0 Å². The molecule has 0 radical (unpaired) electrons. The van der Waals surface area contributed by atoms with Gasteiger partial charge in [0, 0.05) is 6.42 Å². The van der Waals surface area contributed by atoms with E-state index in [0.717, 1.165) is 32.1 Å². The van der Waals surface area contributed by atoms with E-state index in [0.29, 0.717) is 6.54 Å². The van der Waals surface area contributed by atoms with Crippen molar-refractivity contribution in [3.63, 3.8) is 0 Å². The summed E-state index contributed by atoms with van der Waals surface area (Å²) in [5.74, 6) is 0.0882. The van der Waals surface area contributed by atoms with Gasteiger partial charge in [0.15, 0.2) is 0 Å². The molecule has 3 nitrogen and oxygen atoms in total. The average molecular weight is 322 g/mol. The number of hydrogen-bond acceptors (Lipinski definition) is 2. The summed E-state index contributed by atoms with van der Waals surface area (Å²) in [4.78, 5) is 11.3. The summed E-state index contributed by atoms with van der Waals surface area (Å²) in [6, 6.07) is 17.7. The third-order valence-corrected chi connectivity index (χ3v) is 4.64. The van der Waals surface area contributed by atoms with Crippen LogP contribution in [0.3, 0.4) is 0 Å². The molecular formula is C21H26N2O. The summed E-state index contributed by atoms with van der Waals surface area (Å²) in [6.07, 6.45) is 5.39. The van der Waals surface area contributed by atoms with Crippen LogP contribution < -0.4 is 10.6 Å². The molecule has 1 fully saturated rings. The van der Waals surface area contributed by atoms with Crippen molar-refractivity contribution in [1.29, 1.82) is 0 Å². The molecule has 24 heavy (non-hydrogen) atoms. The highest BCUT2D eigenvalue weighted by Crippen LogP contribution is 2.13. The van der Waals surface area contributed by atoms with E-state index in [1.165, 1.54) is 22.3 Å². The lowest BCUT2D eigenvalue weighted by molar-refractivity contribution is -0.118. The first kappa shape index (κ1) is 16.7. The van der Waals surface area contributed by atoms with Crippen LogP contribution in [0.25, 0.3) is 0 Å². The highest BCUT2D eigenvalue weighted by molar-refractivity contribution is 5.80. The molecule has 126 valence electrons. The third kappa shape index (κ3) is 4.68. The SMILES string of the molecule is CCc1ccc(CCCc2cccc(CC3NCC(=O)N3)c2)cc1. The Labute approximate surface area is 144 Å². The molecule has 0 saturated carbocycles. The molecule has 1 atom stereocenters. The quantitative estimate of drug-likeness (QED) is 0.823. The van der Waals surface area contributed by atoms with Gasteiger partial charge in [-0.15, -0.1) is 0 Å². The fraction of sp³-hybridized carbons (Fsp3) is 0.381. The number of rotatable bonds is 7. The maximum Gasteiger partial charge on any atom is 0.235 e. The second-order valence-corrected chi connectivity index (χ2v) is 6.55. The van der Waals surface area contributed by atoms with Gasteiger partial charge in [0.25, 0.3) is 0 Å². The molecule has 3 heteroatoms. The van der Waals surface area contributed by atoms with Crippen molar-refractivity contribution in [2.45, 2.75) is 45.2 Å². The van der Waals surface area contributed by atoms with E-state index < -0.39 is 0 Å². The van der Waals surface area contributed by atoms with E-state index in [1.807, 2.05) is 0 Å². The normalized spacial score (nSPS) is 17.0. The van der Waals surface area contributed by atoms with Crippen LogP contribution in [0.4, 0.5) is 0 Å². The smallest absolute Gasteiger partial charge is 0.235 e. The van der Waals surface area contributed by atoms with Crippen LogP contribution in [0.15, 0.2) is 48.5 Å². The van der Waals surface area contributed by atoms with Crippen molar-refractivity contribution >= 4 is 5.91 Å². The first-order chi connectivity index (χ1) is 11.7. The van der Waals surface area contributed by atoms with E-state index >= 15 is 0 Å². The van der Waals surface area contributed by atoms with Crippen LogP contribution in [-0.2, 0) is 30.5 Å². The van der Waals surface area contributed by atoms with Crippen molar-refractivity contribution in [2.24, 2.45) is 0 Å². The van der Waals surface area contributed by atoms with Gasteiger partial charge < -0.3 is 5.32 Å². The zero-order valence-electron chi connectivity index (χ0n) is 14.3. The molecule has 2 aromatic rings. The number of amides is 1. The zero-order chi connectivity index (χ0) is 16.8. The first-order valence-corrected chi connectivity index (χ1v) is 8.91. The predicted octanol–water partition coefficient (Wildman–Crippen LogP) is 3.01. The van der Waals surface area contributed by atoms with Gasteiger partial charge in [-0.3, -0.25) is 10.1 Å². The molecule has 0 aliphatic carbocycles. The van der Waals surface area contributed by atoms with Crippen LogP contribution >= 0.6 is 0 Å². The van der Waals surface area contributed by atoms with Crippen molar-refractivity contribution in [1.82, 2.24) is 10.6 Å². The predicted molar refractivity (Wildman–Crippen MR) is 97.9 cm³/mol. The fourth-order valence-corrected chi connectivity index (χ4v) is 3.22. The van der Waals surface area contributed by atoms with Gasteiger partial charge in [0.2, 0.25) is 5.91 Å². The van der Waals surface area contributed by atoms with Crippen LogP contribution in [0.5, 0.6) is 0 Å². The Balaban J connectivity index is 1.49. The molecular weight excluding hydrogens is 296 g/mol. The summed E-state index contributed by atoms with van der Waals surface area (Å²) in [7, 11) is 0. The topological polar surface area (TPSA) is 41.1 Å². The Kier molecular flexibility index (Phi) is 5.65. The van der Waals surface area contributed by atoms with Crippen LogP contribution in [-0.4, -0.2) is 18.6 Å². The zero-order valence-corrected chi connectivity index (χ0v) is 14.3. The molecule has 2 N–H and O–H groups in total. The largest absolute Gasteiger partial charge is 0.339 e. The van der Waals surface area contributed by atoms with Gasteiger partial charge >= 0.3 is 0 Å². The number of carbonyl (C=O) groups is 1. The molecule has 0 spiro atoms. The van der Waals surface area contributed by atoms with Crippen molar-refractivity contribution < 1.29 is 4.79 Å². The number of hydrogen-bond donors (Lipinski definition) is 2. The number of carbonyl (C=O) groups excluding carboxylic acids is 1. The van der Waals surface area contributed by atoms with Gasteiger partial charge in [0.05, 0.1) is 12.7 Å². The van der Waals surface area contributed by atoms with E-state index in [2.05, 4.69) is 66.1 Å². The Hall–Kier alpha value is -2.13. The lowest BCUT2D eigenvalue weighted by Gasteiger charge is -2.11. The van der Waals surface area contributed by atoms with Gasteiger partial charge in [-0.2, -0.15) is 0 Å². The lowest BCUT2D eigenvalue weighted by atomic mass is 10.00. The molecule has 3 rings (SSSR count). The number of benzene rings is 2. The van der Waals surface area contributed by atoms with Crippen molar-refractivity contribution in [2.75, 3.05) is 6.54 Å². The van der Waals surface area contributed by atoms with E-state index in [4.69, 9.17) is 0 Å². The fourth-order valence-electron chi connectivity index (χ4n) is 3.22.